The summed E-state index contributed by atoms with van der Waals surface area (Å²) in [6, 6.07) is 7.62. The standard InChI is InChI=1S/C14H16N2O2/c1-2-16(8-3-7-15)14(17)12-4-5-13-11(10-12)6-9-18-13/h4-5,10H,2-3,6,8-9H2,1H3. The zero-order valence-electron chi connectivity index (χ0n) is 10.5. The molecule has 0 aliphatic carbocycles. The van der Waals surface area contributed by atoms with Crippen LogP contribution in [-0.2, 0) is 6.42 Å². The van der Waals surface area contributed by atoms with Crippen LogP contribution < -0.4 is 4.74 Å². The summed E-state index contributed by atoms with van der Waals surface area (Å²) < 4.78 is 5.42. The minimum atomic E-state index is -0.0116. The van der Waals surface area contributed by atoms with Crippen molar-refractivity contribution < 1.29 is 9.53 Å². The lowest BCUT2D eigenvalue weighted by Crippen LogP contribution is -2.31. The Morgan fingerprint density at radius 1 is 1.56 bits per heavy atom. The van der Waals surface area contributed by atoms with Gasteiger partial charge >= 0.3 is 0 Å². The fourth-order valence-electron chi connectivity index (χ4n) is 2.09. The smallest absolute Gasteiger partial charge is 0.253 e. The number of hydrogen-bond acceptors (Lipinski definition) is 3. The number of fused-ring (bicyclic) bond motifs is 1. The molecule has 0 N–H and O–H groups in total. The lowest BCUT2D eigenvalue weighted by atomic mass is 10.1. The number of amides is 1. The lowest BCUT2D eigenvalue weighted by molar-refractivity contribution is 0.0767. The molecule has 1 amide bonds. The van der Waals surface area contributed by atoms with E-state index < -0.39 is 0 Å². The van der Waals surface area contributed by atoms with E-state index in [1.54, 1.807) is 11.0 Å². The summed E-state index contributed by atoms with van der Waals surface area (Å²) >= 11 is 0. The number of nitrogens with zero attached hydrogens (tertiary/aromatic N) is 2. The van der Waals surface area contributed by atoms with Crippen LogP contribution in [0.15, 0.2) is 18.2 Å². The third-order valence-corrected chi connectivity index (χ3v) is 3.10. The molecule has 0 aromatic heterocycles. The number of ether oxygens (including phenoxy) is 1. The van der Waals surface area contributed by atoms with Crippen LogP contribution >= 0.6 is 0 Å². The Hall–Kier alpha value is -2.02. The minimum absolute atomic E-state index is 0.0116. The van der Waals surface area contributed by atoms with Crippen LogP contribution in [0.3, 0.4) is 0 Å². The molecule has 1 aromatic rings. The summed E-state index contributed by atoms with van der Waals surface area (Å²) in [4.78, 5) is 14.0. The van der Waals surface area contributed by atoms with E-state index in [0.717, 1.165) is 17.7 Å². The normalized spacial score (nSPS) is 12.4. The van der Waals surface area contributed by atoms with Crippen LogP contribution in [0.2, 0.25) is 0 Å². The molecule has 1 aliphatic heterocycles. The molecule has 1 heterocycles. The molecular formula is C14H16N2O2. The van der Waals surface area contributed by atoms with Crippen LogP contribution in [0.4, 0.5) is 0 Å². The van der Waals surface area contributed by atoms with Gasteiger partial charge in [-0.1, -0.05) is 0 Å². The van der Waals surface area contributed by atoms with Crippen LogP contribution in [0.1, 0.15) is 29.3 Å². The van der Waals surface area contributed by atoms with Gasteiger partial charge in [-0.15, -0.1) is 0 Å². The highest BCUT2D eigenvalue weighted by atomic mass is 16.5. The van der Waals surface area contributed by atoms with E-state index in [1.165, 1.54) is 0 Å². The van der Waals surface area contributed by atoms with Crippen LogP contribution in [0, 0.1) is 11.3 Å². The van der Waals surface area contributed by atoms with E-state index >= 15 is 0 Å². The molecule has 18 heavy (non-hydrogen) atoms. The first kappa shape index (κ1) is 12.4. The largest absolute Gasteiger partial charge is 0.493 e. The van der Waals surface area contributed by atoms with Crippen molar-refractivity contribution in [2.45, 2.75) is 19.8 Å². The summed E-state index contributed by atoms with van der Waals surface area (Å²) in [5, 5.41) is 8.59. The van der Waals surface area contributed by atoms with E-state index in [4.69, 9.17) is 10.00 Å². The van der Waals surface area contributed by atoms with Gasteiger partial charge in [0.15, 0.2) is 0 Å². The first-order chi connectivity index (χ1) is 8.76. The van der Waals surface area contributed by atoms with Crippen molar-refractivity contribution in [3.8, 4) is 11.8 Å². The van der Waals surface area contributed by atoms with Gasteiger partial charge in [-0.05, 0) is 30.7 Å². The lowest BCUT2D eigenvalue weighted by Gasteiger charge is -2.19. The fraction of sp³-hybridized carbons (Fsp3) is 0.429. The Morgan fingerprint density at radius 2 is 2.39 bits per heavy atom. The molecule has 0 atom stereocenters. The van der Waals surface area contributed by atoms with Crippen molar-refractivity contribution in [3.63, 3.8) is 0 Å². The molecule has 0 spiro atoms. The molecule has 0 saturated heterocycles. The Kier molecular flexibility index (Phi) is 3.83. The number of carbonyl (C=O) groups is 1. The molecule has 0 radical (unpaired) electrons. The summed E-state index contributed by atoms with van der Waals surface area (Å²) in [7, 11) is 0. The zero-order valence-corrected chi connectivity index (χ0v) is 10.5. The molecule has 0 fully saturated rings. The van der Waals surface area contributed by atoms with Crippen LogP contribution in [-0.4, -0.2) is 30.5 Å². The van der Waals surface area contributed by atoms with Gasteiger partial charge in [-0.3, -0.25) is 4.79 Å². The Bertz CT molecular complexity index is 491. The third kappa shape index (κ3) is 2.45. The summed E-state index contributed by atoms with van der Waals surface area (Å²) in [6.45, 7) is 3.72. The Labute approximate surface area is 107 Å². The number of benzene rings is 1. The predicted molar refractivity (Wildman–Crippen MR) is 67.4 cm³/mol. The van der Waals surface area contributed by atoms with Crippen molar-refractivity contribution in [1.82, 2.24) is 4.90 Å². The summed E-state index contributed by atoms with van der Waals surface area (Å²) in [5.41, 5.74) is 1.77. The van der Waals surface area contributed by atoms with E-state index in [9.17, 15) is 4.79 Å². The van der Waals surface area contributed by atoms with Crippen molar-refractivity contribution in [2.24, 2.45) is 0 Å². The van der Waals surface area contributed by atoms with Gasteiger partial charge in [0.25, 0.3) is 5.91 Å². The zero-order chi connectivity index (χ0) is 13.0. The first-order valence-electron chi connectivity index (χ1n) is 6.18. The molecule has 0 saturated carbocycles. The van der Waals surface area contributed by atoms with Gasteiger partial charge in [0, 0.05) is 25.1 Å². The van der Waals surface area contributed by atoms with Crippen LogP contribution in [0.5, 0.6) is 5.75 Å². The molecular weight excluding hydrogens is 228 g/mol. The average Bonchev–Trinajstić information content (AvgIpc) is 2.86. The molecule has 1 aromatic carbocycles. The maximum atomic E-state index is 12.3. The van der Waals surface area contributed by atoms with E-state index in [2.05, 4.69) is 6.07 Å². The highest BCUT2D eigenvalue weighted by Crippen LogP contribution is 2.26. The van der Waals surface area contributed by atoms with E-state index in [1.807, 2.05) is 19.1 Å². The van der Waals surface area contributed by atoms with Gasteiger partial charge < -0.3 is 9.64 Å². The van der Waals surface area contributed by atoms with Gasteiger partial charge in [-0.2, -0.15) is 5.26 Å². The molecule has 4 heteroatoms. The summed E-state index contributed by atoms with van der Waals surface area (Å²) in [5.74, 6) is 0.870. The van der Waals surface area contributed by atoms with Gasteiger partial charge in [0.2, 0.25) is 0 Å². The number of carbonyl (C=O) groups excluding carboxylic acids is 1. The second kappa shape index (κ2) is 5.54. The number of hydrogen-bond donors (Lipinski definition) is 0. The molecule has 0 unspecified atom stereocenters. The fourth-order valence-corrected chi connectivity index (χ4v) is 2.09. The maximum absolute atomic E-state index is 12.3. The van der Waals surface area contributed by atoms with Crippen LogP contribution in [0.25, 0.3) is 0 Å². The molecule has 0 bridgehead atoms. The second-order valence-electron chi connectivity index (χ2n) is 4.21. The topological polar surface area (TPSA) is 53.3 Å². The summed E-state index contributed by atoms with van der Waals surface area (Å²) in [6.07, 6.45) is 1.23. The van der Waals surface area contributed by atoms with Gasteiger partial charge in [0.05, 0.1) is 19.1 Å². The van der Waals surface area contributed by atoms with E-state index in [-0.39, 0.29) is 5.91 Å². The third-order valence-electron chi connectivity index (χ3n) is 3.10. The highest BCUT2D eigenvalue weighted by molar-refractivity contribution is 5.94. The van der Waals surface area contributed by atoms with Gasteiger partial charge in [-0.25, -0.2) is 0 Å². The average molecular weight is 244 g/mol. The Morgan fingerprint density at radius 3 is 3.11 bits per heavy atom. The second-order valence-corrected chi connectivity index (χ2v) is 4.21. The predicted octanol–water partition coefficient (Wildman–Crippen LogP) is 2.00. The SMILES string of the molecule is CCN(CCC#N)C(=O)c1ccc2c(c1)CCO2. The van der Waals surface area contributed by atoms with Crippen molar-refractivity contribution >= 4 is 5.91 Å². The van der Waals surface area contributed by atoms with Gasteiger partial charge in [0.1, 0.15) is 5.75 Å². The monoisotopic (exact) mass is 244 g/mol. The molecule has 4 nitrogen and oxygen atoms in total. The number of rotatable bonds is 4. The van der Waals surface area contributed by atoms with Crippen molar-refractivity contribution in [2.75, 3.05) is 19.7 Å². The Balaban J connectivity index is 2.15. The highest BCUT2D eigenvalue weighted by Gasteiger charge is 2.18. The van der Waals surface area contributed by atoms with Crippen molar-refractivity contribution in [3.05, 3.63) is 29.3 Å². The number of nitriles is 1. The minimum Gasteiger partial charge on any atom is -0.493 e. The van der Waals surface area contributed by atoms with Crippen molar-refractivity contribution in [1.29, 1.82) is 5.26 Å². The molecule has 94 valence electrons. The quantitative estimate of drug-likeness (QED) is 0.814. The molecule has 2 rings (SSSR count). The van der Waals surface area contributed by atoms with E-state index in [0.29, 0.717) is 31.7 Å². The molecule has 1 aliphatic rings. The first-order valence-corrected chi connectivity index (χ1v) is 6.18. The maximum Gasteiger partial charge on any atom is 0.253 e.